The van der Waals surface area contributed by atoms with Crippen LogP contribution in [0.2, 0.25) is 0 Å². The topological polar surface area (TPSA) is 50.8 Å². The number of rotatable bonds is 2. The van der Waals surface area contributed by atoms with Crippen LogP contribution in [0.25, 0.3) is 0 Å². The van der Waals surface area contributed by atoms with Crippen LogP contribution in [0.3, 0.4) is 0 Å². The van der Waals surface area contributed by atoms with E-state index in [1.165, 1.54) is 5.56 Å². The molecule has 1 aromatic carbocycles. The number of hydrogen-bond donors (Lipinski definition) is 1. The van der Waals surface area contributed by atoms with Crippen LogP contribution in [0.4, 0.5) is 5.69 Å². The minimum Gasteiger partial charge on any atom is -0.375 e. The Morgan fingerprint density at radius 1 is 1.29 bits per heavy atom. The maximum Gasteiger partial charge on any atom is 0.238 e. The third-order valence-electron chi connectivity index (χ3n) is 4.58. The predicted molar refractivity (Wildman–Crippen MR) is 78.0 cm³/mol. The monoisotopic (exact) mass is 288 g/mol. The Kier molecular flexibility index (Phi) is 3.21. The molecule has 0 bridgehead atoms. The number of carbonyl (C=O) groups excluding carboxylic acids is 1. The van der Waals surface area contributed by atoms with Crippen molar-refractivity contribution < 1.29 is 14.3 Å². The Bertz CT molecular complexity index is 556. The number of ether oxygens (including phenoxy) is 2. The second kappa shape index (κ2) is 5.09. The second-order valence-electron chi connectivity index (χ2n) is 6.33. The highest BCUT2D eigenvalue weighted by molar-refractivity contribution is 5.93. The highest BCUT2D eigenvalue weighted by Gasteiger charge is 2.46. The zero-order valence-electron chi connectivity index (χ0n) is 12.0. The molecule has 1 atom stereocenters. The molecule has 5 heteroatoms. The van der Waals surface area contributed by atoms with Crippen molar-refractivity contribution in [1.82, 2.24) is 4.90 Å². The average Bonchev–Trinajstić information content (AvgIpc) is 2.78. The van der Waals surface area contributed by atoms with E-state index in [1.807, 2.05) is 18.2 Å². The van der Waals surface area contributed by atoms with Gasteiger partial charge in [0.25, 0.3) is 0 Å². The molecule has 0 saturated carbocycles. The summed E-state index contributed by atoms with van der Waals surface area (Å²) < 4.78 is 11.4. The van der Waals surface area contributed by atoms with Crippen LogP contribution in [-0.4, -0.2) is 48.8 Å². The SMILES string of the molecule is O=C1CN(CC2CCC3(COC3)O2)Cc2ccccc2N1. The maximum absolute atomic E-state index is 12.0. The molecule has 0 aromatic heterocycles. The highest BCUT2D eigenvalue weighted by Crippen LogP contribution is 2.36. The zero-order chi connectivity index (χ0) is 14.3. The van der Waals surface area contributed by atoms with Crippen LogP contribution in [0.15, 0.2) is 24.3 Å². The van der Waals surface area contributed by atoms with E-state index >= 15 is 0 Å². The van der Waals surface area contributed by atoms with Crippen LogP contribution in [-0.2, 0) is 20.8 Å². The van der Waals surface area contributed by atoms with Gasteiger partial charge in [-0.15, -0.1) is 0 Å². The fraction of sp³-hybridized carbons (Fsp3) is 0.562. The molecule has 0 radical (unpaired) electrons. The van der Waals surface area contributed by atoms with Gasteiger partial charge < -0.3 is 14.8 Å². The first-order valence-electron chi connectivity index (χ1n) is 7.58. The number of anilines is 1. The highest BCUT2D eigenvalue weighted by atomic mass is 16.6. The number of benzene rings is 1. The molecule has 2 fully saturated rings. The summed E-state index contributed by atoms with van der Waals surface area (Å²) in [5, 5.41) is 2.97. The molecule has 2 saturated heterocycles. The lowest BCUT2D eigenvalue weighted by Gasteiger charge is -2.38. The molecule has 5 nitrogen and oxygen atoms in total. The summed E-state index contributed by atoms with van der Waals surface area (Å²) in [4.78, 5) is 14.2. The maximum atomic E-state index is 12.0. The van der Waals surface area contributed by atoms with Crippen molar-refractivity contribution in [1.29, 1.82) is 0 Å². The number of fused-ring (bicyclic) bond motifs is 1. The summed E-state index contributed by atoms with van der Waals surface area (Å²) in [6.45, 7) is 3.49. The fourth-order valence-corrected chi connectivity index (χ4v) is 3.45. The van der Waals surface area contributed by atoms with E-state index in [0.29, 0.717) is 6.54 Å². The second-order valence-corrected chi connectivity index (χ2v) is 6.33. The molecule has 112 valence electrons. The van der Waals surface area contributed by atoms with Gasteiger partial charge in [0.05, 0.1) is 25.9 Å². The minimum atomic E-state index is -0.0172. The molecule has 3 heterocycles. The van der Waals surface area contributed by atoms with Crippen molar-refractivity contribution >= 4 is 11.6 Å². The zero-order valence-corrected chi connectivity index (χ0v) is 12.0. The Balaban J connectivity index is 1.44. The fourth-order valence-electron chi connectivity index (χ4n) is 3.45. The van der Waals surface area contributed by atoms with Crippen LogP contribution in [0, 0.1) is 0 Å². The van der Waals surface area contributed by atoms with Gasteiger partial charge in [-0.05, 0) is 24.5 Å². The summed E-state index contributed by atoms with van der Waals surface area (Å²) in [7, 11) is 0. The lowest BCUT2D eigenvalue weighted by Crippen LogP contribution is -2.50. The van der Waals surface area contributed by atoms with Gasteiger partial charge in [-0.25, -0.2) is 0 Å². The number of hydrogen-bond acceptors (Lipinski definition) is 4. The van der Waals surface area contributed by atoms with Gasteiger partial charge in [0, 0.05) is 18.8 Å². The number of nitrogens with zero attached hydrogens (tertiary/aromatic N) is 1. The van der Waals surface area contributed by atoms with E-state index in [0.717, 1.165) is 44.8 Å². The minimum absolute atomic E-state index is 0.0172. The van der Waals surface area contributed by atoms with Crippen molar-refractivity contribution in [3.8, 4) is 0 Å². The third kappa shape index (κ3) is 2.57. The lowest BCUT2D eigenvalue weighted by atomic mass is 9.98. The Hall–Kier alpha value is -1.43. The molecule has 4 rings (SSSR count). The Labute approximate surface area is 124 Å². The molecule has 1 aromatic rings. The van der Waals surface area contributed by atoms with Gasteiger partial charge in [-0.1, -0.05) is 18.2 Å². The number of amides is 1. The Morgan fingerprint density at radius 3 is 2.90 bits per heavy atom. The molecule has 1 N–H and O–H groups in total. The molecule has 3 aliphatic rings. The number of para-hydroxylation sites is 1. The van der Waals surface area contributed by atoms with Crippen molar-refractivity contribution in [2.24, 2.45) is 0 Å². The van der Waals surface area contributed by atoms with Gasteiger partial charge in [0.15, 0.2) is 0 Å². The Morgan fingerprint density at radius 2 is 2.14 bits per heavy atom. The first-order chi connectivity index (χ1) is 10.2. The summed E-state index contributed by atoms with van der Waals surface area (Å²) >= 11 is 0. The van der Waals surface area contributed by atoms with Crippen LogP contribution < -0.4 is 5.32 Å². The van der Waals surface area contributed by atoms with Crippen LogP contribution >= 0.6 is 0 Å². The van der Waals surface area contributed by atoms with E-state index in [2.05, 4.69) is 16.3 Å². The van der Waals surface area contributed by atoms with Crippen molar-refractivity contribution in [2.75, 3.05) is 31.6 Å². The van der Waals surface area contributed by atoms with Crippen molar-refractivity contribution in [3.05, 3.63) is 29.8 Å². The smallest absolute Gasteiger partial charge is 0.238 e. The third-order valence-corrected chi connectivity index (χ3v) is 4.58. The first kappa shape index (κ1) is 13.2. The summed E-state index contributed by atoms with van der Waals surface area (Å²) in [5.74, 6) is 0.0552. The van der Waals surface area contributed by atoms with Crippen molar-refractivity contribution in [2.45, 2.75) is 31.1 Å². The van der Waals surface area contributed by atoms with Gasteiger partial charge in [0.1, 0.15) is 5.60 Å². The normalized spacial score (nSPS) is 27.8. The molecule has 0 aliphatic carbocycles. The molecule has 1 spiro atoms. The molecular formula is C16H20N2O3. The first-order valence-corrected chi connectivity index (χ1v) is 7.58. The molecular weight excluding hydrogens is 268 g/mol. The predicted octanol–water partition coefficient (Wildman–Crippen LogP) is 1.39. The molecule has 1 amide bonds. The summed E-state index contributed by atoms with van der Waals surface area (Å²) in [5.41, 5.74) is 2.08. The van der Waals surface area contributed by atoms with E-state index in [9.17, 15) is 4.79 Å². The molecule has 1 unspecified atom stereocenters. The van der Waals surface area contributed by atoms with Gasteiger partial charge in [-0.2, -0.15) is 0 Å². The van der Waals surface area contributed by atoms with E-state index < -0.39 is 0 Å². The van der Waals surface area contributed by atoms with Crippen LogP contribution in [0.5, 0.6) is 0 Å². The van der Waals surface area contributed by atoms with E-state index in [1.54, 1.807) is 0 Å². The van der Waals surface area contributed by atoms with Gasteiger partial charge >= 0.3 is 0 Å². The number of carbonyl (C=O) groups is 1. The van der Waals surface area contributed by atoms with Crippen LogP contribution in [0.1, 0.15) is 18.4 Å². The van der Waals surface area contributed by atoms with E-state index in [-0.39, 0.29) is 17.6 Å². The molecule has 3 aliphatic heterocycles. The average molecular weight is 288 g/mol. The quantitative estimate of drug-likeness (QED) is 0.893. The summed E-state index contributed by atoms with van der Waals surface area (Å²) in [6.07, 6.45) is 2.35. The molecule has 21 heavy (non-hydrogen) atoms. The summed E-state index contributed by atoms with van der Waals surface area (Å²) in [6, 6.07) is 8.00. The van der Waals surface area contributed by atoms with Gasteiger partial charge in [0.2, 0.25) is 5.91 Å². The van der Waals surface area contributed by atoms with Crippen molar-refractivity contribution in [3.63, 3.8) is 0 Å². The number of nitrogens with one attached hydrogen (secondary N) is 1. The largest absolute Gasteiger partial charge is 0.375 e. The van der Waals surface area contributed by atoms with Gasteiger partial charge in [-0.3, -0.25) is 9.69 Å². The lowest BCUT2D eigenvalue weighted by molar-refractivity contribution is -0.201. The van der Waals surface area contributed by atoms with E-state index in [4.69, 9.17) is 9.47 Å². The standard InChI is InChI=1S/C16H20N2O3/c19-15-9-18(7-12-3-1-2-4-14(12)17-15)8-13-5-6-16(21-13)10-20-11-16/h1-4,13H,5-11H2,(H,17,19).